The number of carbonyl (C=O) groups excluding carboxylic acids is 1. The lowest BCUT2D eigenvalue weighted by Crippen LogP contribution is -2.28. The summed E-state index contributed by atoms with van der Waals surface area (Å²) in [6.07, 6.45) is 1.79. The van der Waals surface area contributed by atoms with Gasteiger partial charge < -0.3 is 20.1 Å². The Hall–Kier alpha value is -1.89. The summed E-state index contributed by atoms with van der Waals surface area (Å²) < 4.78 is 9.94. The first-order chi connectivity index (χ1) is 9.19. The number of methoxy groups -OCH3 is 2. The lowest BCUT2D eigenvalue weighted by Gasteiger charge is -2.10. The van der Waals surface area contributed by atoms with Gasteiger partial charge >= 0.3 is 0 Å². The molecule has 0 atom stereocenters. The lowest BCUT2D eigenvalue weighted by atomic mass is 10.3. The van der Waals surface area contributed by atoms with Gasteiger partial charge in [0, 0.05) is 26.6 Å². The topological polar surface area (TPSA) is 85.4 Å². The van der Waals surface area contributed by atoms with Crippen molar-refractivity contribution in [3.63, 3.8) is 0 Å². The van der Waals surface area contributed by atoms with E-state index < -0.39 is 0 Å². The molecule has 0 fully saturated rings. The van der Waals surface area contributed by atoms with Crippen LogP contribution in [0.1, 0.15) is 12.0 Å². The monoisotopic (exact) mass is 268 g/mol. The number of ether oxygens (including phenoxy) is 2. The van der Waals surface area contributed by atoms with Crippen molar-refractivity contribution >= 4 is 11.7 Å². The summed E-state index contributed by atoms with van der Waals surface area (Å²) in [5, 5.41) is 5.83. The molecule has 7 nitrogen and oxygen atoms in total. The third-order valence-corrected chi connectivity index (χ3v) is 2.50. The maximum Gasteiger partial charge on any atom is 0.221 e. The predicted octanol–water partition coefficient (Wildman–Crippen LogP) is 0.358. The van der Waals surface area contributed by atoms with Crippen LogP contribution in [0.25, 0.3) is 0 Å². The van der Waals surface area contributed by atoms with Crippen molar-refractivity contribution in [3.05, 3.63) is 11.9 Å². The van der Waals surface area contributed by atoms with E-state index in [0.29, 0.717) is 37.8 Å². The first-order valence-corrected chi connectivity index (χ1v) is 6.04. The van der Waals surface area contributed by atoms with Gasteiger partial charge in [-0.15, -0.1) is 0 Å². The Bertz CT molecular complexity index is 412. The van der Waals surface area contributed by atoms with Crippen LogP contribution in [0.5, 0.6) is 5.88 Å². The quantitative estimate of drug-likeness (QED) is 0.662. The van der Waals surface area contributed by atoms with E-state index in [2.05, 4.69) is 20.6 Å². The molecule has 0 aliphatic heterocycles. The van der Waals surface area contributed by atoms with Crippen LogP contribution in [0.4, 0.5) is 5.82 Å². The maximum atomic E-state index is 11.5. The Morgan fingerprint density at radius 2 is 2.11 bits per heavy atom. The molecule has 7 heteroatoms. The Kier molecular flexibility index (Phi) is 6.59. The number of anilines is 1. The van der Waals surface area contributed by atoms with Gasteiger partial charge in [0.25, 0.3) is 0 Å². The second-order valence-electron chi connectivity index (χ2n) is 3.88. The van der Waals surface area contributed by atoms with E-state index in [9.17, 15) is 4.79 Å². The summed E-state index contributed by atoms with van der Waals surface area (Å²) in [5.41, 5.74) is 0.824. The zero-order valence-electron chi connectivity index (χ0n) is 11.5. The predicted molar refractivity (Wildman–Crippen MR) is 71.3 cm³/mol. The van der Waals surface area contributed by atoms with Crippen molar-refractivity contribution in [1.29, 1.82) is 0 Å². The summed E-state index contributed by atoms with van der Waals surface area (Å²) in [5.74, 6) is 1.18. The van der Waals surface area contributed by atoms with Crippen LogP contribution < -0.4 is 15.4 Å². The fourth-order valence-corrected chi connectivity index (χ4v) is 1.49. The first kappa shape index (κ1) is 15.2. The molecule has 1 rings (SSSR count). The molecule has 2 N–H and O–H groups in total. The van der Waals surface area contributed by atoms with Crippen LogP contribution >= 0.6 is 0 Å². The first-order valence-electron chi connectivity index (χ1n) is 6.04. The van der Waals surface area contributed by atoms with E-state index in [0.717, 1.165) is 5.56 Å². The van der Waals surface area contributed by atoms with Crippen LogP contribution in [-0.2, 0) is 9.53 Å². The maximum absolute atomic E-state index is 11.5. The number of amides is 1. The van der Waals surface area contributed by atoms with E-state index >= 15 is 0 Å². The number of rotatable bonds is 8. The van der Waals surface area contributed by atoms with Crippen molar-refractivity contribution < 1.29 is 14.3 Å². The Morgan fingerprint density at radius 3 is 2.79 bits per heavy atom. The van der Waals surface area contributed by atoms with Gasteiger partial charge in [0.1, 0.15) is 12.1 Å². The number of hydrogen-bond donors (Lipinski definition) is 2. The molecule has 1 heterocycles. The number of nitrogens with one attached hydrogen (secondary N) is 2. The second-order valence-corrected chi connectivity index (χ2v) is 3.88. The number of aromatic nitrogens is 2. The van der Waals surface area contributed by atoms with Gasteiger partial charge in [0.05, 0.1) is 19.3 Å². The molecule has 0 aromatic carbocycles. The van der Waals surface area contributed by atoms with Crippen LogP contribution in [0.3, 0.4) is 0 Å². The van der Waals surface area contributed by atoms with Gasteiger partial charge in [-0.3, -0.25) is 4.79 Å². The molecule has 1 aromatic rings. The van der Waals surface area contributed by atoms with E-state index in [1.54, 1.807) is 14.2 Å². The minimum Gasteiger partial charge on any atom is -0.481 e. The van der Waals surface area contributed by atoms with Gasteiger partial charge in [-0.1, -0.05) is 0 Å². The molecule has 19 heavy (non-hydrogen) atoms. The van der Waals surface area contributed by atoms with Gasteiger partial charge in [0.15, 0.2) is 0 Å². The highest BCUT2D eigenvalue weighted by Crippen LogP contribution is 2.19. The molecular formula is C12H20N4O3. The largest absolute Gasteiger partial charge is 0.481 e. The average Bonchev–Trinajstić information content (AvgIpc) is 2.41. The van der Waals surface area contributed by atoms with Crippen molar-refractivity contribution in [3.8, 4) is 5.88 Å². The highest BCUT2D eigenvalue weighted by molar-refractivity contribution is 5.76. The van der Waals surface area contributed by atoms with Gasteiger partial charge in [-0.05, 0) is 6.92 Å². The fourth-order valence-electron chi connectivity index (χ4n) is 1.49. The Labute approximate surface area is 112 Å². The van der Waals surface area contributed by atoms with Crippen LogP contribution in [-0.4, -0.2) is 49.8 Å². The highest BCUT2D eigenvalue weighted by Gasteiger charge is 2.07. The Morgan fingerprint density at radius 1 is 1.32 bits per heavy atom. The molecule has 0 aliphatic rings. The molecule has 0 saturated heterocycles. The normalized spacial score (nSPS) is 10.1. The molecule has 1 amide bonds. The summed E-state index contributed by atoms with van der Waals surface area (Å²) in [7, 11) is 3.15. The van der Waals surface area contributed by atoms with Crippen molar-refractivity contribution in [2.75, 3.05) is 39.2 Å². The van der Waals surface area contributed by atoms with Crippen molar-refractivity contribution in [2.24, 2.45) is 0 Å². The zero-order valence-corrected chi connectivity index (χ0v) is 11.5. The zero-order chi connectivity index (χ0) is 14.1. The summed E-state index contributed by atoms with van der Waals surface area (Å²) in [6, 6.07) is 0. The van der Waals surface area contributed by atoms with Crippen LogP contribution in [0.2, 0.25) is 0 Å². The Balaban J connectivity index is 2.35. The summed E-state index contributed by atoms with van der Waals surface area (Å²) in [6.45, 7) is 3.40. The molecule has 0 bridgehead atoms. The van der Waals surface area contributed by atoms with Gasteiger partial charge in [-0.25, -0.2) is 9.97 Å². The number of hydrogen-bond acceptors (Lipinski definition) is 6. The SMILES string of the molecule is COCCNC(=O)CCNc1ncnc(OC)c1C. The molecule has 0 aliphatic carbocycles. The number of nitrogens with zero attached hydrogens (tertiary/aromatic N) is 2. The van der Waals surface area contributed by atoms with Crippen molar-refractivity contribution in [1.82, 2.24) is 15.3 Å². The van der Waals surface area contributed by atoms with E-state index in [1.165, 1.54) is 6.33 Å². The second kappa shape index (κ2) is 8.25. The van der Waals surface area contributed by atoms with E-state index in [1.807, 2.05) is 6.92 Å². The van der Waals surface area contributed by atoms with Crippen LogP contribution in [0, 0.1) is 6.92 Å². The third kappa shape index (κ3) is 5.09. The standard InChI is InChI=1S/C12H20N4O3/c1-9-11(15-8-16-12(9)19-3)14-5-4-10(17)13-6-7-18-2/h8H,4-7H2,1-3H3,(H,13,17)(H,14,15,16). The van der Waals surface area contributed by atoms with Crippen LogP contribution in [0.15, 0.2) is 6.33 Å². The third-order valence-electron chi connectivity index (χ3n) is 2.50. The molecule has 0 unspecified atom stereocenters. The molecule has 106 valence electrons. The van der Waals surface area contributed by atoms with Gasteiger partial charge in [0.2, 0.25) is 11.8 Å². The average molecular weight is 268 g/mol. The van der Waals surface area contributed by atoms with E-state index in [-0.39, 0.29) is 5.91 Å². The molecule has 0 spiro atoms. The smallest absolute Gasteiger partial charge is 0.221 e. The summed E-state index contributed by atoms with van der Waals surface area (Å²) >= 11 is 0. The lowest BCUT2D eigenvalue weighted by molar-refractivity contribution is -0.121. The minimum absolute atomic E-state index is 0.0248. The molecule has 0 radical (unpaired) electrons. The molecule has 0 saturated carbocycles. The fraction of sp³-hybridized carbons (Fsp3) is 0.583. The minimum atomic E-state index is -0.0248. The highest BCUT2D eigenvalue weighted by atomic mass is 16.5. The summed E-state index contributed by atoms with van der Waals surface area (Å²) in [4.78, 5) is 19.5. The molecular weight excluding hydrogens is 248 g/mol. The number of carbonyl (C=O) groups is 1. The van der Waals surface area contributed by atoms with Gasteiger partial charge in [-0.2, -0.15) is 0 Å². The van der Waals surface area contributed by atoms with Crippen molar-refractivity contribution in [2.45, 2.75) is 13.3 Å². The van der Waals surface area contributed by atoms with E-state index in [4.69, 9.17) is 9.47 Å². The molecule has 1 aromatic heterocycles.